The number of benzene rings is 2. The highest BCUT2D eigenvalue weighted by Gasteiger charge is 2.21. The number of anilines is 1. The number of carbonyl (C=O) groups is 1. The van der Waals surface area contributed by atoms with Crippen LogP contribution in [-0.2, 0) is 0 Å². The second-order valence-electron chi connectivity index (χ2n) is 5.37. The van der Waals surface area contributed by atoms with Gasteiger partial charge in [0.15, 0.2) is 5.11 Å². The van der Waals surface area contributed by atoms with E-state index in [9.17, 15) is 4.79 Å². The van der Waals surface area contributed by atoms with Crippen LogP contribution in [0.4, 0.5) is 5.69 Å². The van der Waals surface area contributed by atoms with Gasteiger partial charge in [0.05, 0.1) is 10.7 Å². The summed E-state index contributed by atoms with van der Waals surface area (Å²) in [5.41, 5.74) is 2.09. The normalized spacial score (nSPS) is 11.8. The van der Waals surface area contributed by atoms with Crippen LogP contribution in [0.1, 0.15) is 15.9 Å². The summed E-state index contributed by atoms with van der Waals surface area (Å²) in [4.78, 5) is 11.4. The minimum atomic E-state index is -0.940. The molecule has 0 heterocycles. The number of hydrogen-bond acceptors (Lipinski definition) is 2. The topological polar surface area (TPSA) is 53.2 Å². The van der Waals surface area contributed by atoms with Crippen molar-refractivity contribution in [3.63, 3.8) is 0 Å². The van der Waals surface area contributed by atoms with Gasteiger partial charge in [-0.15, -0.1) is 23.2 Å². The molecule has 0 aliphatic heterocycles. The molecule has 9 heteroatoms. The summed E-state index contributed by atoms with van der Waals surface area (Å²) in [5.74, 6) is -0.332. The Labute approximate surface area is 177 Å². The third-order valence-electron chi connectivity index (χ3n) is 3.32. The van der Waals surface area contributed by atoms with E-state index in [1.54, 1.807) is 30.3 Å². The third kappa shape index (κ3) is 6.18. The van der Waals surface area contributed by atoms with Crippen LogP contribution in [0.25, 0.3) is 0 Å². The molecule has 0 spiro atoms. The molecule has 1 amide bonds. The number of aryl methyl sites for hydroxylation is 1. The Morgan fingerprint density at radius 1 is 1.04 bits per heavy atom. The van der Waals surface area contributed by atoms with Gasteiger partial charge in [-0.05, 0) is 49.5 Å². The largest absolute Gasteiger partial charge is 0.340 e. The van der Waals surface area contributed by atoms with Crippen molar-refractivity contribution in [2.75, 3.05) is 5.32 Å². The Hall–Kier alpha value is -1.24. The molecule has 0 unspecified atom stereocenters. The van der Waals surface area contributed by atoms with Gasteiger partial charge >= 0.3 is 0 Å². The summed E-state index contributed by atoms with van der Waals surface area (Å²) in [5, 5.41) is 9.54. The number of nitrogens with one attached hydrogen (secondary N) is 3. The van der Waals surface area contributed by atoms with Gasteiger partial charge in [0, 0.05) is 10.6 Å². The van der Waals surface area contributed by atoms with Crippen LogP contribution >= 0.6 is 58.6 Å². The molecule has 26 heavy (non-hydrogen) atoms. The molecule has 0 saturated carbocycles. The predicted octanol–water partition coefficient (Wildman–Crippen LogP) is 5.15. The quantitative estimate of drug-likeness (QED) is 0.335. The van der Waals surface area contributed by atoms with Gasteiger partial charge < -0.3 is 16.0 Å². The van der Waals surface area contributed by atoms with Gasteiger partial charge in [-0.2, -0.15) is 0 Å². The minimum absolute atomic E-state index is 0.190. The summed E-state index contributed by atoms with van der Waals surface area (Å²) in [6.07, 6.45) is -0.807. The number of alkyl halides is 2. The number of thiocarbonyl (C=S) groups is 1. The smallest absolute Gasteiger partial charge is 0.252 e. The Kier molecular flexibility index (Phi) is 7.80. The van der Waals surface area contributed by atoms with E-state index in [0.717, 1.165) is 5.56 Å². The Morgan fingerprint density at radius 2 is 1.69 bits per heavy atom. The maximum absolute atomic E-state index is 12.3. The molecule has 0 bridgehead atoms. The summed E-state index contributed by atoms with van der Waals surface area (Å²) in [7, 11) is 0. The molecule has 2 aromatic carbocycles. The molecular formula is C17H15Cl4N3OS. The number of carbonyl (C=O) groups excluding carboxylic acids is 1. The van der Waals surface area contributed by atoms with Gasteiger partial charge in [0.25, 0.3) is 5.91 Å². The summed E-state index contributed by atoms with van der Waals surface area (Å²) in [6, 6.07) is 12.0. The third-order valence-corrected chi connectivity index (χ3v) is 4.59. The van der Waals surface area contributed by atoms with Gasteiger partial charge in [-0.3, -0.25) is 4.79 Å². The predicted molar refractivity (Wildman–Crippen MR) is 114 cm³/mol. The Morgan fingerprint density at radius 3 is 2.27 bits per heavy atom. The van der Waals surface area contributed by atoms with Crippen LogP contribution in [0.15, 0.2) is 42.5 Å². The van der Waals surface area contributed by atoms with Crippen molar-refractivity contribution in [1.29, 1.82) is 0 Å². The molecule has 2 aromatic rings. The first kappa shape index (κ1) is 21.1. The van der Waals surface area contributed by atoms with E-state index < -0.39 is 11.0 Å². The zero-order valence-electron chi connectivity index (χ0n) is 13.5. The SMILES string of the molecule is Cc1ccc(C(=O)N[C@@H](NC(=S)Nc2ccc(Cl)cc2Cl)C(Cl)Cl)cc1. The first-order valence-electron chi connectivity index (χ1n) is 7.44. The van der Waals surface area contributed by atoms with E-state index in [0.29, 0.717) is 21.3 Å². The summed E-state index contributed by atoms with van der Waals surface area (Å²) >= 11 is 29.1. The number of rotatable bonds is 5. The van der Waals surface area contributed by atoms with Crippen molar-refractivity contribution < 1.29 is 4.79 Å². The molecule has 3 N–H and O–H groups in total. The van der Waals surface area contributed by atoms with E-state index in [4.69, 9.17) is 58.6 Å². The lowest BCUT2D eigenvalue weighted by Gasteiger charge is -2.23. The molecular weight excluding hydrogens is 436 g/mol. The molecule has 0 aromatic heterocycles. The zero-order chi connectivity index (χ0) is 19.3. The average Bonchev–Trinajstić information content (AvgIpc) is 2.57. The highest BCUT2D eigenvalue weighted by Crippen LogP contribution is 2.25. The number of amides is 1. The maximum atomic E-state index is 12.3. The number of hydrogen-bond donors (Lipinski definition) is 3. The average molecular weight is 451 g/mol. The van der Waals surface area contributed by atoms with E-state index in [-0.39, 0.29) is 11.0 Å². The van der Waals surface area contributed by atoms with Crippen LogP contribution in [0.5, 0.6) is 0 Å². The Bertz CT molecular complexity index is 799. The fourth-order valence-corrected chi connectivity index (χ4v) is 2.93. The second kappa shape index (κ2) is 9.62. The van der Waals surface area contributed by atoms with Crippen molar-refractivity contribution in [2.24, 2.45) is 0 Å². The van der Waals surface area contributed by atoms with Gasteiger partial charge in [0.1, 0.15) is 11.0 Å². The van der Waals surface area contributed by atoms with Crippen LogP contribution in [0.2, 0.25) is 10.0 Å². The van der Waals surface area contributed by atoms with Crippen molar-refractivity contribution in [3.05, 3.63) is 63.6 Å². The van der Waals surface area contributed by atoms with Gasteiger partial charge in [-0.25, -0.2) is 0 Å². The van der Waals surface area contributed by atoms with Crippen LogP contribution in [-0.4, -0.2) is 22.0 Å². The van der Waals surface area contributed by atoms with Crippen LogP contribution in [0.3, 0.4) is 0 Å². The zero-order valence-corrected chi connectivity index (χ0v) is 17.4. The number of halogens is 4. The molecule has 2 rings (SSSR count). The highest BCUT2D eigenvalue weighted by molar-refractivity contribution is 7.80. The van der Waals surface area contributed by atoms with Crippen molar-refractivity contribution in [3.8, 4) is 0 Å². The van der Waals surface area contributed by atoms with Crippen LogP contribution < -0.4 is 16.0 Å². The minimum Gasteiger partial charge on any atom is -0.340 e. The molecule has 0 aliphatic rings. The van der Waals surface area contributed by atoms with E-state index in [2.05, 4.69) is 16.0 Å². The molecule has 1 atom stereocenters. The maximum Gasteiger partial charge on any atom is 0.252 e. The first-order valence-corrected chi connectivity index (χ1v) is 9.48. The lowest BCUT2D eigenvalue weighted by molar-refractivity contribution is 0.0936. The molecule has 0 fully saturated rings. The molecule has 0 radical (unpaired) electrons. The molecule has 4 nitrogen and oxygen atoms in total. The molecule has 0 aliphatic carbocycles. The van der Waals surface area contributed by atoms with Crippen molar-refractivity contribution >= 4 is 75.3 Å². The summed E-state index contributed by atoms with van der Waals surface area (Å²) in [6.45, 7) is 1.94. The van der Waals surface area contributed by atoms with Gasteiger partial charge in [0.2, 0.25) is 0 Å². The van der Waals surface area contributed by atoms with Crippen LogP contribution in [0, 0.1) is 6.92 Å². The second-order valence-corrected chi connectivity index (χ2v) is 7.79. The van der Waals surface area contributed by atoms with Crippen molar-refractivity contribution in [1.82, 2.24) is 10.6 Å². The summed E-state index contributed by atoms with van der Waals surface area (Å²) < 4.78 is 0. The van der Waals surface area contributed by atoms with E-state index >= 15 is 0 Å². The fraction of sp³-hybridized carbons (Fsp3) is 0.176. The van der Waals surface area contributed by atoms with Crippen molar-refractivity contribution in [2.45, 2.75) is 17.9 Å². The standard InChI is InChI=1S/C17H15Cl4N3OS/c1-9-2-4-10(5-3-9)16(25)23-15(14(20)21)24-17(26)22-13-7-6-11(18)8-12(13)19/h2-8,14-15H,1H3,(H,23,25)(H2,22,24,26)/t15-/m0/s1. The van der Waals surface area contributed by atoms with E-state index in [1.807, 2.05) is 19.1 Å². The first-order chi connectivity index (χ1) is 12.3. The lowest BCUT2D eigenvalue weighted by atomic mass is 10.1. The highest BCUT2D eigenvalue weighted by atomic mass is 35.5. The monoisotopic (exact) mass is 449 g/mol. The van der Waals surface area contributed by atoms with E-state index in [1.165, 1.54) is 0 Å². The molecule has 0 saturated heterocycles. The van der Waals surface area contributed by atoms with Gasteiger partial charge in [-0.1, -0.05) is 40.9 Å². The fourth-order valence-electron chi connectivity index (χ4n) is 1.98. The lowest BCUT2D eigenvalue weighted by Crippen LogP contribution is -2.52. The molecule has 138 valence electrons. The Balaban J connectivity index is 2.01.